The molecule has 6 nitrogen and oxygen atoms in total. The maximum absolute atomic E-state index is 12.4. The van der Waals surface area contributed by atoms with Crippen molar-refractivity contribution in [1.29, 1.82) is 0 Å². The molecule has 2 rings (SSSR count). The summed E-state index contributed by atoms with van der Waals surface area (Å²) in [5, 5.41) is 7.17. The van der Waals surface area contributed by atoms with Gasteiger partial charge in [0.05, 0.1) is 17.4 Å². The van der Waals surface area contributed by atoms with E-state index in [1.54, 1.807) is 10.9 Å². The van der Waals surface area contributed by atoms with Crippen LogP contribution in [0.5, 0.6) is 5.88 Å². The van der Waals surface area contributed by atoms with Gasteiger partial charge in [0.15, 0.2) is 0 Å². The van der Waals surface area contributed by atoms with Gasteiger partial charge < -0.3 is 10.1 Å². The number of amides is 1. The number of carbonyl (C=O) groups is 1. The predicted octanol–water partition coefficient (Wildman–Crippen LogP) is 2.15. The first-order valence-electron chi connectivity index (χ1n) is 7.29. The zero-order valence-corrected chi connectivity index (χ0v) is 13.7. The number of rotatable bonds is 5. The highest BCUT2D eigenvalue weighted by molar-refractivity contribution is 5.96. The maximum atomic E-state index is 12.4. The van der Waals surface area contributed by atoms with Crippen molar-refractivity contribution in [3.63, 3.8) is 0 Å². The molecule has 0 aliphatic carbocycles. The van der Waals surface area contributed by atoms with E-state index >= 15 is 0 Å². The second-order valence-electron chi connectivity index (χ2n) is 5.49. The normalized spacial score (nSPS) is 10.8. The molecule has 0 fully saturated rings. The largest absolute Gasteiger partial charge is 0.475 e. The molecule has 2 aromatic heterocycles. The molecule has 0 aliphatic rings. The number of nitrogens with one attached hydrogen (secondary N) is 1. The van der Waals surface area contributed by atoms with Crippen molar-refractivity contribution >= 4 is 5.91 Å². The number of pyridine rings is 1. The molecule has 2 heterocycles. The van der Waals surface area contributed by atoms with Gasteiger partial charge in [-0.05, 0) is 33.8 Å². The molecule has 6 heteroatoms. The van der Waals surface area contributed by atoms with Gasteiger partial charge in [-0.25, -0.2) is 4.98 Å². The van der Waals surface area contributed by atoms with Crippen LogP contribution in [0, 0.1) is 13.8 Å². The minimum atomic E-state index is -0.137. The first kappa shape index (κ1) is 16.0. The van der Waals surface area contributed by atoms with Crippen molar-refractivity contribution in [2.45, 2.75) is 40.3 Å². The van der Waals surface area contributed by atoms with Gasteiger partial charge in [0, 0.05) is 31.0 Å². The Hall–Kier alpha value is -2.37. The SMILES string of the molecule is Cc1nn(C)c(C)c1C(=O)NCc1cccnc1OC(C)C. The standard InChI is InChI=1S/C16H22N4O2/c1-10(2)22-16-13(7-6-8-17-16)9-18-15(21)14-11(3)19-20(5)12(14)4/h6-8,10H,9H2,1-5H3,(H,18,21). The Morgan fingerprint density at radius 1 is 1.41 bits per heavy atom. The summed E-state index contributed by atoms with van der Waals surface area (Å²) in [4.78, 5) is 16.6. The minimum Gasteiger partial charge on any atom is -0.475 e. The van der Waals surface area contributed by atoms with Crippen molar-refractivity contribution in [2.24, 2.45) is 7.05 Å². The third-order valence-corrected chi connectivity index (χ3v) is 3.37. The summed E-state index contributed by atoms with van der Waals surface area (Å²) in [6.45, 7) is 7.97. The molecule has 0 aliphatic heterocycles. The van der Waals surface area contributed by atoms with Gasteiger partial charge in [-0.15, -0.1) is 0 Å². The van der Waals surface area contributed by atoms with Crippen LogP contribution in [-0.4, -0.2) is 26.8 Å². The van der Waals surface area contributed by atoms with E-state index in [2.05, 4.69) is 15.4 Å². The molecular formula is C16H22N4O2. The first-order valence-corrected chi connectivity index (χ1v) is 7.29. The van der Waals surface area contributed by atoms with Crippen molar-refractivity contribution < 1.29 is 9.53 Å². The minimum absolute atomic E-state index is 0.0344. The molecule has 118 valence electrons. The summed E-state index contributed by atoms with van der Waals surface area (Å²) >= 11 is 0. The van der Waals surface area contributed by atoms with E-state index < -0.39 is 0 Å². The topological polar surface area (TPSA) is 69.0 Å². The molecule has 0 spiro atoms. The highest BCUT2D eigenvalue weighted by Gasteiger charge is 2.17. The molecule has 2 aromatic rings. The summed E-state index contributed by atoms with van der Waals surface area (Å²) in [6.07, 6.45) is 1.71. The summed E-state index contributed by atoms with van der Waals surface area (Å²) in [5.41, 5.74) is 3.05. The van der Waals surface area contributed by atoms with Crippen molar-refractivity contribution in [3.8, 4) is 5.88 Å². The Kier molecular flexibility index (Phi) is 4.80. The lowest BCUT2D eigenvalue weighted by Crippen LogP contribution is -2.24. The monoisotopic (exact) mass is 302 g/mol. The van der Waals surface area contributed by atoms with Crippen LogP contribution in [-0.2, 0) is 13.6 Å². The predicted molar refractivity (Wildman–Crippen MR) is 83.9 cm³/mol. The van der Waals surface area contributed by atoms with Crippen molar-refractivity contribution in [3.05, 3.63) is 40.8 Å². The van der Waals surface area contributed by atoms with E-state index in [9.17, 15) is 4.79 Å². The number of hydrogen-bond donors (Lipinski definition) is 1. The van der Waals surface area contributed by atoms with Crippen LogP contribution in [0.2, 0.25) is 0 Å². The Morgan fingerprint density at radius 2 is 2.14 bits per heavy atom. The molecule has 22 heavy (non-hydrogen) atoms. The number of hydrogen-bond acceptors (Lipinski definition) is 4. The molecule has 1 amide bonds. The molecular weight excluding hydrogens is 280 g/mol. The zero-order valence-electron chi connectivity index (χ0n) is 13.7. The van der Waals surface area contributed by atoms with Crippen LogP contribution in [0.15, 0.2) is 18.3 Å². The van der Waals surface area contributed by atoms with Gasteiger partial charge >= 0.3 is 0 Å². The Morgan fingerprint density at radius 3 is 2.73 bits per heavy atom. The Balaban J connectivity index is 2.12. The van der Waals surface area contributed by atoms with Crippen LogP contribution < -0.4 is 10.1 Å². The smallest absolute Gasteiger partial charge is 0.255 e. The van der Waals surface area contributed by atoms with E-state index in [0.717, 1.165) is 17.0 Å². The fourth-order valence-corrected chi connectivity index (χ4v) is 2.25. The number of aromatic nitrogens is 3. The fourth-order valence-electron chi connectivity index (χ4n) is 2.25. The lowest BCUT2D eigenvalue weighted by atomic mass is 10.2. The highest BCUT2D eigenvalue weighted by atomic mass is 16.5. The van der Waals surface area contributed by atoms with Crippen LogP contribution in [0.4, 0.5) is 0 Å². The third kappa shape index (κ3) is 3.44. The van der Waals surface area contributed by atoms with Gasteiger partial charge in [-0.1, -0.05) is 6.07 Å². The maximum Gasteiger partial charge on any atom is 0.255 e. The molecule has 0 unspecified atom stereocenters. The molecule has 0 saturated carbocycles. The Labute approximate surface area is 130 Å². The number of aryl methyl sites for hydroxylation is 2. The van der Waals surface area contributed by atoms with E-state index in [-0.39, 0.29) is 12.0 Å². The summed E-state index contributed by atoms with van der Waals surface area (Å²) in [5.74, 6) is 0.417. The molecule has 0 bridgehead atoms. The van der Waals surface area contributed by atoms with Crippen molar-refractivity contribution in [2.75, 3.05) is 0 Å². The quantitative estimate of drug-likeness (QED) is 0.919. The van der Waals surface area contributed by atoms with Crippen LogP contribution in [0.25, 0.3) is 0 Å². The number of nitrogens with zero attached hydrogens (tertiary/aromatic N) is 3. The van der Waals surface area contributed by atoms with Gasteiger partial charge in [-0.3, -0.25) is 9.48 Å². The number of ether oxygens (including phenoxy) is 1. The van der Waals surface area contributed by atoms with E-state index in [1.807, 2.05) is 46.9 Å². The van der Waals surface area contributed by atoms with Crippen LogP contribution in [0.3, 0.4) is 0 Å². The second kappa shape index (κ2) is 6.60. The van der Waals surface area contributed by atoms with Crippen LogP contribution >= 0.6 is 0 Å². The van der Waals surface area contributed by atoms with Crippen molar-refractivity contribution in [1.82, 2.24) is 20.1 Å². The molecule has 0 saturated heterocycles. The highest BCUT2D eigenvalue weighted by Crippen LogP contribution is 2.17. The zero-order chi connectivity index (χ0) is 16.3. The lowest BCUT2D eigenvalue weighted by Gasteiger charge is -2.13. The molecule has 0 aromatic carbocycles. The van der Waals surface area contributed by atoms with Gasteiger partial charge in [0.1, 0.15) is 0 Å². The Bertz CT molecular complexity index is 677. The molecule has 0 atom stereocenters. The van der Waals surface area contributed by atoms with Gasteiger partial charge in [-0.2, -0.15) is 5.10 Å². The van der Waals surface area contributed by atoms with E-state index in [4.69, 9.17) is 4.74 Å². The van der Waals surface area contributed by atoms with E-state index in [1.165, 1.54) is 0 Å². The summed E-state index contributed by atoms with van der Waals surface area (Å²) < 4.78 is 7.37. The second-order valence-corrected chi connectivity index (χ2v) is 5.49. The molecule has 0 radical (unpaired) electrons. The van der Waals surface area contributed by atoms with Gasteiger partial charge in [0.2, 0.25) is 5.88 Å². The third-order valence-electron chi connectivity index (χ3n) is 3.37. The van der Waals surface area contributed by atoms with Crippen LogP contribution in [0.1, 0.15) is 41.2 Å². The lowest BCUT2D eigenvalue weighted by molar-refractivity contribution is 0.0949. The fraction of sp³-hybridized carbons (Fsp3) is 0.438. The number of carbonyl (C=O) groups excluding carboxylic acids is 1. The first-order chi connectivity index (χ1) is 10.4. The molecule has 1 N–H and O–H groups in total. The van der Waals surface area contributed by atoms with E-state index in [0.29, 0.717) is 18.0 Å². The average Bonchev–Trinajstić information content (AvgIpc) is 2.70. The average molecular weight is 302 g/mol. The van der Waals surface area contributed by atoms with Gasteiger partial charge in [0.25, 0.3) is 5.91 Å². The summed E-state index contributed by atoms with van der Waals surface area (Å²) in [6, 6.07) is 3.73. The summed E-state index contributed by atoms with van der Waals surface area (Å²) in [7, 11) is 1.83.